The fraction of sp³-hybridized carbons (Fsp3) is 0.500. The summed E-state index contributed by atoms with van der Waals surface area (Å²) in [4.78, 5) is 12.6. The molecule has 2 aliphatic heterocycles. The van der Waals surface area contributed by atoms with Gasteiger partial charge < -0.3 is 25.2 Å². The van der Waals surface area contributed by atoms with Crippen LogP contribution in [0.25, 0.3) is 0 Å². The summed E-state index contributed by atoms with van der Waals surface area (Å²) in [5.41, 5.74) is 0. The zero-order chi connectivity index (χ0) is 11.7. The lowest BCUT2D eigenvalue weighted by molar-refractivity contribution is -0.117. The third-order valence-electron chi connectivity index (χ3n) is 2.66. The Bertz CT molecular complexity index is 342. The van der Waals surface area contributed by atoms with Gasteiger partial charge in [0.2, 0.25) is 0 Å². The SMILES string of the molecule is C=C1NC(=[18O])C=CN1[C@H]1C[C@@H]([18OH])[C@@H](C[18OH])O1. The normalized spacial score (nSPS) is 34.4. The first-order chi connectivity index (χ1) is 7.61. The highest BCUT2D eigenvalue weighted by atomic mass is 18.2. The monoisotopic (exact) mass is 232 g/mol. The lowest BCUT2D eigenvalue weighted by atomic mass is 10.2. The molecule has 6 heteroatoms. The van der Waals surface area contributed by atoms with Crippen molar-refractivity contribution in [1.29, 1.82) is 0 Å². The maximum atomic E-state index is 11.0. The second-order valence-corrected chi connectivity index (χ2v) is 3.77. The van der Waals surface area contributed by atoms with E-state index in [1.165, 1.54) is 6.08 Å². The molecule has 16 heavy (non-hydrogen) atoms. The summed E-state index contributed by atoms with van der Waals surface area (Å²) in [6.07, 6.45) is 1.59. The first-order valence-electron chi connectivity index (χ1n) is 5.02. The van der Waals surface area contributed by atoms with Gasteiger partial charge in [-0.3, -0.25) is 4.79 Å². The molecule has 3 atom stereocenters. The van der Waals surface area contributed by atoms with E-state index in [-0.39, 0.29) is 12.5 Å². The van der Waals surface area contributed by atoms with E-state index in [1.54, 1.807) is 11.1 Å². The number of carbonyl (C=O) groups is 1. The minimum Gasteiger partial charge on any atom is -0.394 e. The van der Waals surface area contributed by atoms with Crippen LogP contribution in [0.2, 0.25) is 0 Å². The summed E-state index contributed by atoms with van der Waals surface area (Å²) >= 11 is 0. The van der Waals surface area contributed by atoms with Crippen molar-refractivity contribution in [3.63, 3.8) is 0 Å². The van der Waals surface area contributed by atoms with Crippen LogP contribution in [-0.4, -0.2) is 46.1 Å². The molecule has 0 aliphatic carbocycles. The van der Waals surface area contributed by atoms with Gasteiger partial charge in [0.1, 0.15) is 18.2 Å². The standard InChI is InChI=1S/C10H14N2O4/c1-6-11-9(15)2-3-12(6)10-4-7(14)8(5-13)16-10/h2-3,7-8,10,13-14H,1,4-5H2,(H,11,15)/t7-,8-,10-/m1/s1/i13+2,14+2,15+2. The Labute approximate surface area is 92.8 Å². The fourth-order valence-electron chi connectivity index (χ4n) is 1.81. The molecule has 2 rings (SSSR count). The van der Waals surface area contributed by atoms with Crippen molar-refractivity contribution in [1.82, 2.24) is 10.2 Å². The number of amides is 1. The molecule has 0 unspecified atom stereocenters. The predicted octanol–water partition coefficient (Wildman–Crippen LogP) is -1.13. The fourth-order valence-corrected chi connectivity index (χ4v) is 1.81. The van der Waals surface area contributed by atoms with Crippen LogP contribution in [0.5, 0.6) is 0 Å². The van der Waals surface area contributed by atoms with Crippen LogP contribution in [0.1, 0.15) is 6.42 Å². The van der Waals surface area contributed by atoms with Crippen molar-refractivity contribution in [3.8, 4) is 0 Å². The van der Waals surface area contributed by atoms with Crippen LogP contribution in [0.4, 0.5) is 0 Å². The van der Waals surface area contributed by atoms with Gasteiger partial charge in [0.25, 0.3) is 5.91 Å². The summed E-state index contributed by atoms with van der Waals surface area (Å²) in [5.74, 6) is 0.168. The molecule has 1 fully saturated rings. The number of rotatable bonds is 2. The van der Waals surface area contributed by atoms with E-state index in [9.17, 15) is 9.90 Å². The number of hydrogen-bond donors (Lipinski definition) is 3. The van der Waals surface area contributed by atoms with Crippen LogP contribution >= 0.6 is 0 Å². The molecule has 0 aromatic rings. The van der Waals surface area contributed by atoms with Gasteiger partial charge in [-0.2, -0.15) is 0 Å². The van der Waals surface area contributed by atoms with E-state index in [1.807, 2.05) is 0 Å². The Morgan fingerprint density at radius 3 is 3.00 bits per heavy atom. The largest absolute Gasteiger partial charge is 0.394 e. The van der Waals surface area contributed by atoms with E-state index in [2.05, 4.69) is 11.9 Å². The van der Waals surface area contributed by atoms with Crippen molar-refractivity contribution in [2.75, 3.05) is 6.61 Å². The maximum Gasteiger partial charge on any atom is 0.250 e. The molecule has 0 aromatic carbocycles. The Morgan fingerprint density at radius 2 is 2.44 bits per heavy atom. The Morgan fingerprint density at radius 1 is 1.69 bits per heavy atom. The third kappa shape index (κ3) is 1.95. The second kappa shape index (κ2) is 4.25. The van der Waals surface area contributed by atoms with E-state index >= 15 is 0 Å². The molecule has 88 valence electrons. The predicted molar refractivity (Wildman–Crippen MR) is 54.6 cm³/mol. The first-order valence-corrected chi connectivity index (χ1v) is 5.02. The number of aliphatic hydroxyl groups is 2. The lowest BCUT2D eigenvalue weighted by Crippen LogP contribution is -2.41. The molecule has 1 amide bonds. The molecule has 3 N–H and O–H groups in total. The molecule has 1 saturated heterocycles. The first kappa shape index (κ1) is 11.1. The Hall–Kier alpha value is -1.37. The number of hydrogen-bond acceptors (Lipinski definition) is 5. The van der Waals surface area contributed by atoms with Gasteiger partial charge in [0, 0.05) is 18.7 Å². The summed E-state index contributed by atoms with van der Waals surface area (Å²) in [7, 11) is 0. The third-order valence-corrected chi connectivity index (χ3v) is 2.66. The molecular weight excluding hydrogens is 218 g/mol. The van der Waals surface area contributed by atoms with Gasteiger partial charge in [0.05, 0.1) is 12.7 Å². The van der Waals surface area contributed by atoms with Crippen molar-refractivity contribution < 1.29 is 19.7 Å². The van der Waals surface area contributed by atoms with E-state index in [0.717, 1.165) is 0 Å². The molecule has 0 spiro atoms. The van der Waals surface area contributed by atoms with Gasteiger partial charge in [-0.25, -0.2) is 0 Å². The summed E-state index contributed by atoms with van der Waals surface area (Å²) < 4.78 is 5.43. The molecule has 0 bridgehead atoms. The van der Waals surface area contributed by atoms with Crippen molar-refractivity contribution in [2.24, 2.45) is 0 Å². The van der Waals surface area contributed by atoms with Gasteiger partial charge in [0.15, 0.2) is 0 Å². The number of nitrogens with zero attached hydrogens (tertiary/aromatic N) is 1. The Kier molecular flexibility index (Phi) is 2.95. The zero-order valence-corrected chi connectivity index (χ0v) is 8.67. The Balaban J connectivity index is 2.07. The average Bonchev–Trinajstić information content (AvgIpc) is 2.59. The maximum absolute atomic E-state index is 11.0. The van der Waals surface area contributed by atoms with Crippen molar-refractivity contribution in [3.05, 3.63) is 24.7 Å². The van der Waals surface area contributed by atoms with E-state index in [4.69, 9.17) is 9.84 Å². The van der Waals surface area contributed by atoms with Crippen LogP contribution in [-0.2, 0) is 9.53 Å². The van der Waals surface area contributed by atoms with Gasteiger partial charge in [-0.05, 0) is 0 Å². The molecule has 0 aromatic heterocycles. The molecule has 2 heterocycles. The van der Waals surface area contributed by atoms with Gasteiger partial charge >= 0.3 is 0 Å². The minimum absolute atomic E-state index is 0.228. The summed E-state index contributed by atoms with van der Waals surface area (Å²) in [5, 5.41) is 21.1. The second-order valence-electron chi connectivity index (χ2n) is 3.77. The molecular formula is C10H14N2O4. The van der Waals surface area contributed by atoms with Crippen molar-refractivity contribution in [2.45, 2.75) is 24.9 Å². The number of ether oxygens (including phenoxy) is 1. The zero-order valence-electron chi connectivity index (χ0n) is 8.67. The van der Waals surface area contributed by atoms with Gasteiger partial charge in [-0.1, -0.05) is 6.58 Å². The van der Waals surface area contributed by atoms with Gasteiger partial charge in [-0.15, -0.1) is 0 Å². The van der Waals surface area contributed by atoms with E-state index in [0.29, 0.717) is 12.2 Å². The molecule has 2 aliphatic rings. The van der Waals surface area contributed by atoms with Crippen LogP contribution < -0.4 is 5.32 Å². The number of aliphatic hydroxyl groups excluding tert-OH is 2. The quantitative estimate of drug-likeness (QED) is 0.525. The highest BCUT2D eigenvalue weighted by Crippen LogP contribution is 2.25. The average molecular weight is 232 g/mol. The minimum atomic E-state index is -0.700. The van der Waals surface area contributed by atoms with E-state index < -0.39 is 18.4 Å². The lowest BCUT2D eigenvalue weighted by Gasteiger charge is -2.30. The molecule has 0 saturated carbocycles. The molecule has 0 radical (unpaired) electrons. The van der Waals surface area contributed by atoms with Crippen LogP contribution in [0, 0.1) is 0 Å². The van der Waals surface area contributed by atoms with Crippen LogP contribution in [0.15, 0.2) is 24.7 Å². The molecule has 6 nitrogen and oxygen atoms in total. The number of carbonyl (C=O) groups excluding carboxylic acids is 1. The smallest absolute Gasteiger partial charge is 0.250 e. The summed E-state index contributed by atoms with van der Waals surface area (Å²) in [6, 6.07) is 0. The number of nitrogens with one attached hydrogen (secondary N) is 1. The van der Waals surface area contributed by atoms with Crippen molar-refractivity contribution >= 4 is 5.91 Å². The highest BCUT2D eigenvalue weighted by Gasteiger charge is 2.37. The highest BCUT2D eigenvalue weighted by molar-refractivity contribution is 5.89. The van der Waals surface area contributed by atoms with Crippen LogP contribution in [0.3, 0.4) is 0 Å². The summed E-state index contributed by atoms with van der Waals surface area (Å²) in [6.45, 7) is 3.46. The topological polar surface area (TPSA) is 82.0 Å².